The van der Waals surface area contributed by atoms with Crippen LogP contribution in [0.3, 0.4) is 0 Å². The molecule has 1 aliphatic rings. The number of hydrogen-bond donors (Lipinski definition) is 1. The van der Waals surface area contributed by atoms with Crippen molar-refractivity contribution in [3.05, 3.63) is 36.0 Å². The molecule has 3 rings (SSSR count). The maximum absolute atomic E-state index is 10.6. The van der Waals surface area contributed by atoms with E-state index < -0.39 is 6.35 Å². The number of hydrogen-bond acceptors (Lipinski definition) is 5. The molecule has 0 amide bonds. The molecule has 1 atom stereocenters. The van der Waals surface area contributed by atoms with E-state index in [9.17, 15) is 5.11 Å². The summed E-state index contributed by atoms with van der Waals surface area (Å²) in [6.45, 7) is 9.28. The Kier molecular flexibility index (Phi) is 3.76. The highest BCUT2D eigenvalue weighted by Gasteiger charge is 2.35. The summed E-state index contributed by atoms with van der Waals surface area (Å²) in [7, 11) is 1.87. The van der Waals surface area contributed by atoms with Gasteiger partial charge in [-0.2, -0.15) is 0 Å². The summed E-state index contributed by atoms with van der Waals surface area (Å²) in [6, 6.07) is 7.97. The molecule has 122 valence electrons. The molecule has 0 bridgehead atoms. The van der Waals surface area contributed by atoms with Crippen molar-refractivity contribution >= 4 is 11.5 Å². The van der Waals surface area contributed by atoms with Gasteiger partial charge in [0.25, 0.3) is 0 Å². The Balaban J connectivity index is 2.03. The number of aromatic nitrogens is 2. The zero-order chi connectivity index (χ0) is 16.8. The molecular formula is C18H24N4O. The Morgan fingerprint density at radius 3 is 2.61 bits per heavy atom. The molecule has 5 nitrogen and oxygen atoms in total. The van der Waals surface area contributed by atoms with Crippen LogP contribution in [0.1, 0.15) is 26.3 Å². The van der Waals surface area contributed by atoms with Gasteiger partial charge in [-0.15, -0.1) is 0 Å². The molecule has 3 heterocycles. The number of fused-ring (bicyclic) bond motifs is 1. The SMILES string of the molecule is Cc1cccnc1-c1ccc2c(n1)N(C)C(O)N2CC(C)(C)C. The highest BCUT2D eigenvalue weighted by molar-refractivity contribution is 5.76. The number of nitrogens with zero attached hydrogens (tertiary/aromatic N) is 4. The van der Waals surface area contributed by atoms with E-state index in [1.165, 1.54) is 0 Å². The van der Waals surface area contributed by atoms with Gasteiger partial charge in [-0.1, -0.05) is 26.8 Å². The van der Waals surface area contributed by atoms with Crippen LogP contribution in [0.25, 0.3) is 11.4 Å². The van der Waals surface area contributed by atoms with Crippen LogP contribution in [-0.2, 0) is 0 Å². The van der Waals surface area contributed by atoms with Crippen molar-refractivity contribution in [3.63, 3.8) is 0 Å². The molecule has 0 saturated heterocycles. The Morgan fingerprint density at radius 2 is 1.96 bits per heavy atom. The zero-order valence-corrected chi connectivity index (χ0v) is 14.4. The van der Waals surface area contributed by atoms with Crippen LogP contribution in [0, 0.1) is 12.3 Å². The van der Waals surface area contributed by atoms with E-state index in [4.69, 9.17) is 4.98 Å². The molecule has 5 heteroatoms. The van der Waals surface area contributed by atoms with Gasteiger partial charge >= 0.3 is 0 Å². The Morgan fingerprint density at radius 1 is 1.22 bits per heavy atom. The first kappa shape index (κ1) is 15.7. The van der Waals surface area contributed by atoms with Crippen molar-refractivity contribution in [1.82, 2.24) is 9.97 Å². The third-order valence-corrected chi connectivity index (χ3v) is 4.02. The molecule has 0 spiro atoms. The van der Waals surface area contributed by atoms with E-state index in [0.29, 0.717) is 0 Å². The fourth-order valence-corrected chi connectivity index (χ4v) is 2.93. The zero-order valence-electron chi connectivity index (χ0n) is 14.4. The highest BCUT2D eigenvalue weighted by Crippen LogP contribution is 2.39. The second-order valence-corrected chi connectivity index (χ2v) is 7.35. The van der Waals surface area contributed by atoms with Gasteiger partial charge in [0.1, 0.15) is 0 Å². The average molecular weight is 312 g/mol. The minimum absolute atomic E-state index is 0.0830. The quantitative estimate of drug-likeness (QED) is 0.924. The minimum Gasteiger partial charge on any atom is -0.356 e. The van der Waals surface area contributed by atoms with Crippen molar-refractivity contribution in [2.24, 2.45) is 5.41 Å². The normalized spacial score (nSPS) is 17.6. The van der Waals surface area contributed by atoms with Gasteiger partial charge in [0, 0.05) is 19.8 Å². The summed E-state index contributed by atoms with van der Waals surface area (Å²) in [6.07, 6.45) is 1.10. The molecule has 1 aliphatic heterocycles. The first-order valence-electron chi connectivity index (χ1n) is 7.88. The molecule has 0 aliphatic carbocycles. The largest absolute Gasteiger partial charge is 0.356 e. The van der Waals surface area contributed by atoms with Crippen LogP contribution in [0.5, 0.6) is 0 Å². The van der Waals surface area contributed by atoms with Gasteiger partial charge in [-0.05, 0) is 36.1 Å². The second kappa shape index (κ2) is 5.49. The van der Waals surface area contributed by atoms with Gasteiger partial charge in [0.15, 0.2) is 5.82 Å². The van der Waals surface area contributed by atoms with Crippen molar-refractivity contribution in [2.45, 2.75) is 34.0 Å². The molecule has 2 aromatic heterocycles. The fraction of sp³-hybridized carbons (Fsp3) is 0.444. The summed E-state index contributed by atoms with van der Waals surface area (Å²) in [5.41, 5.74) is 3.85. The predicted octanol–water partition coefficient (Wildman–Crippen LogP) is 3.03. The van der Waals surface area contributed by atoms with Gasteiger partial charge < -0.3 is 14.9 Å². The van der Waals surface area contributed by atoms with E-state index >= 15 is 0 Å². The van der Waals surface area contributed by atoms with E-state index in [0.717, 1.165) is 35.0 Å². The number of pyridine rings is 2. The summed E-state index contributed by atoms with van der Waals surface area (Å²) in [4.78, 5) is 13.0. The number of aliphatic hydroxyl groups excluding tert-OH is 1. The van der Waals surface area contributed by atoms with E-state index in [-0.39, 0.29) is 5.41 Å². The molecule has 0 aromatic carbocycles. The molecule has 1 N–H and O–H groups in total. The van der Waals surface area contributed by atoms with Gasteiger partial charge in [0.05, 0.1) is 17.1 Å². The van der Waals surface area contributed by atoms with Gasteiger partial charge in [-0.25, -0.2) is 4.98 Å². The molecular weight excluding hydrogens is 288 g/mol. The summed E-state index contributed by atoms with van der Waals surface area (Å²) < 4.78 is 0. The Bertz CT molecular complexity index is 723. The molecule has 23 heavy (non-hydrogen) atoms. The third kappa shape index (κ3) is 2.88. The van der Waals surface area contributed by atoms with Crippen molar-refractivity contribution in [2.75, 3.05) is 23.4 Å². The van der Waals surface area contributed by atoms with Crippen LogP contribution >= 0.6 is 0 Å². The van der Waals surface area contributed by atoms with E-state index in [2.05, 4.69) is 25.8 Å². The first-order chi connectivity index (χ1) is 10.8. The number of anilines is 2. The fourth-order valence-electron chi connectivity index (χ4n) is 2.93. The second-order valence-electron chi connectivity index (χ2n) is 7.35. The third-order valence-electron chi connectivity index (χ3n) is 4.02. The van der Waals surface area contributed by atoms with Crippen LogP contribution in [-0.4, -0.2) is 35.0 Å². The van der Waals surface area contributed by atoms with E-state index in [1.807, 2.05) is 48.0 Å². The van der Waals surface area contributed by atoms with Gasteiger partial charge in [0.2, 0.25) is 6.35 Å². The number of aliphatic hydroxyl groups is 1. The molecule has 0 fully saturated rings. The highest BCUT2D eigenvalue weighted by atomic mass is 16.3. The summed E-state index contributed by atoms with van der Waals surface area (Å²) in [5, 5.41) is 10.6. The maximum atomic E-state index is 10.6. The topological polar surface area (TPSA) is 52.5 Å². The number of aryl methyl sites for hydroxylation is 1. The lowest BCUT2D eigenvalue weighted by atomic mass is 9.96. The Labute approximate surface area is 137 Å². The lowest BCUT2D eigenvalue weighted by Crippen LogP contribution is -2.44. The lowest BCUT2D eigenvalue weighted by molar-refractivity contribution is 0.166. The molecule has 1 unspecified atom stereocenters. The van der Waals surface area contributed by atoms with Crippen molar-refractivity contribution < 1.29 is 5.11 Å². The Hall–Kier alpha value is -2.14. The molecule has 2 aromatic rings. The van der Waals surface area contributed by atoms with Gasteiger partial charge in [-0.3, -0.25) is 4.98 Å². The van der Waals surface area contributed by atoms with Crippen LogP contribution in [0.2, 0.25) is 0 Å². The van der Waals surface area contributed by atoms with Crippen molar-refractivity contribution in [3.8, 4) is 11.4 Å². The first-order valence-corrected chi connectivity index (χ1v) is 7.88. The van der Waals surface area contributed by atoms with Crippen molar-refractivity contribution in [1.29, 1.82) is 0 Å². The standard InChI is InChI=1S/C18H24N4O/c1-12-7-6-10-19-15(12)13-8-9-14-16(20-13)21(5)17(23)22(14)11-18(2,3)4/h6-10,17,23H,11H2,1-5H3. The minimum atomic E-state index is -0.684. The van der Waals surface area contributed by atoms with E-state index in [1.54, 1.807) is 6.20 Å². The lowest BCUT2D eigenvalue weighted by Gasteiger charge is -2.31. The van der Waals surface area contributed by atoms with Crippen LogP contribution in [0.15, 0.2) is 30.5 Å². The van der Waals surface area contributed by atoms with Crippen LogP contribution < -0.4 is 9.80 Å². The predicted molar refractivity (Wildman–Crippen MR) is 93.4 cm³/mol. The molecule has 0 radical (unpaired) electrons. The summed E-state index contributed by atoms with van der Waals surface area (Å²) >= 11 is 0. The number of rotatable bonds is 2. The summed E-state index contributed by atoms with van der Waals surface area (Å²) in [5.74, 6) is 0.796. The van der Waals surface area contributed by atoms with Crippen LogP contribution in [0.4, 0.5) is 11.5 Å². The monoisotopic (exact) mass is 312 g/mol. The molecule has 0 saturated carbocycles. The maximum Gasteiger partial charge on any atom is 0.208 e. The average Bonchev–Trinajstić information content (AvgIpc) is 2.71. The smallest absolute Gasteiger partial charge is 0.208 e.